The highest BCUT2D eigenvalue weighted by atomic mass is 32.2. The van der Waals surface area contributed by atoms with Crippen LogP contribution in [0.25, 0.3) is 11.1 Å². The molecule has 2 N–H and O–H groups in total. The van der Waals surface area contributed by atoms with E-state index in [0.717, 1.165) is 28.2 Å². The van der Waals surface area contributed by atoms with Crippen LogP contribution in [0.15, 0.2) is 77.7 Å². The molecule has 3 aromatic carbocycles. The third kappa shape index (κ3) is 6.80. The molecule has 4 nitrogen and oxygen atoms in total. The summed E-state index contributed by atoms with van der Waals surface area (Å²) in [5.74, 6) is -0.758. The molecule has 0 heterocycles. The molecule has 0 fully saturated rings. The molecular weight excluding hydrogens is 456 g/mol. The smallest absolute Gasteiger partial charge is 0.394 e. The second-order valence-electron chi connectivity index (χ2n) is 7.28. The molecule has 1 atom stereocenters. The summed E-state index contributed by atoms with van der Waals surface area (Å²) in [4.78, 5) is 13.3. The molecule has 9 heteroatoms. The third-order valence-corrected chi connectivity index (χ3v) is 5.94. The maximum atomic E-state index is 13.1. The minimum Gasteiger partial charge on any atom is -0.394 e. The summed E-state index contributed by atoms with van der Waals surface area (Å²) in [6.45, 7) is -0.235. The maximum absolute atomic E-state index is 13.1. The van der Waals surface area contributed by atoms with E-state index in [-0.39, 0.29) is 12.4 Å². The Hall–Kier alpha value is -2.88. The lowest BCUT2D eigenvalue weighted by Crippen LogP contribution is -2.44. The standard InChI is InChI=1S/C24H22F4N2O2S/c1-30(33-21-11-9-20(25)10-12-21)22(15-31)23(32)29-14-16-3-2-4-18(13-16)17-5-7-19(8-6-17)24(26,27)28/h2-13,22,31H,14-15H2,1H3,(H,29,32). The van der Waals surface area contributed by atoms with E-state index in [2.05, 4.69) is 5.32 Å². The summed E-state index contributed by atoms with van der Waals surface area (Å²) in [6, 6.07) is 16.9. The lowest BCUT2D eigenvalue weighted by atomic mass is 10.0. The number of aliphatic hydroxyl groups excluding tert-OH is 1. The first-order valence-corrected chi connectivity index (χ1v) is 10.8. The van der Waals surface area contributed by atoms with E-state index in [0.29, 0.717) is 5.56 Å². The Morgan fingerprint density at radius 1 is 1.03 bits per heavy atom. The van der Waals surface area contributed by atoms with E-state index >= 15 is 0 Å². The number of benzene rings is 3. The van der Waals surface area contributed by atoms with E-state index in [1.54, 1.807) is 47.8 Å². The first-order valence-electron chi connectivity index (χ1n) is 9.99. The molecule has 3 aromatic rings. The van der Waals surface area contributed by atoms with Crippen LogP contribution < -0.4 is 5.32 Å². The highest BCUT2D eigenvalue weighted by Crippen LogP contribution is 2.31. The van der Waals surface area contributed by atoms with E-state index < -0.39 is 30.3 Å². The first kappa shape index (κ1) is 24.8. The van der Waals surface area contributed by atoms with Gasteiger partial charge in [-0.3, -0.25) is 4.79 Å². The van der Waals surface area contributed by atoms with E-state index in [1.807, 2.05) is 0 Å². The van der Waals surface area contributed by atoms with Crippen molar-refractivity contribution in [2.45, 2.75) is 23.7 Å². The number of halogens is 4. The van der Waals surface area contributed by atoms with Gasteiger partial charge in [0.15, 0.2) is 0 Å². The lowest BCUT2D eigenvalue weighted by Gasteiger charge is -2.24. The molecule has 0 bridgehead atoms. The van der Waals surface area contributed by atoms with Crippen molar-refractivity contribution in [2.75, 3.05) is 13.7 Å². The minimum absolute atomic E-state index is 0.179. The fourth-order valence-electron chi connectivity index (χ4n) is 3.11. The van der Waals surface area contributed by atoms with Crippen LogP contribution in [0.5, 0.6) is 0 Å². The van der Waals surface area contributed by atoms with Crippen LogP contribution in [-0.2, 0) is 17.5 Å². The molecule has 0 aliphatic heterocycles. The van der Waals surface area contributed by atoms with Crippen LogP contribution in [0.1, 0.15) is 11.1 Å². The SMILES string of the molecule is CN(Sc1ccc(F)cc1)C(CO)C(=O)NCc1cccc(-c2ccc(C(F)(F)F)cc2)c1. The van der Waals surface area contributed by atoms with Crippen LogP contribution in [0.3, 0.4) is 0 Å². The van der Waals surface area contributed by atoms with Gasteiger partial charge in [-0.05, 0) is 78.2 Å². The number of hydrogen-bond acceptors (Lipinski definition) is 4. The number of amides is 1. The number of hydrogen-bond donors (Lipinski definition) is 2. The number of rotatable bonds is 8. The summed E-state index contributed by atoms with van der Waals surface area (Å²) in [7, 11) is 1.65. The van der Waals surface area contributed by atoms with Gasteiger partial charge in [0, 0.05) is 11.4 Å². The van der Waals surface area contributed by atoms with Crippen molar-refractivity contribution in [3.8, 4) is 11.1 Å². The normalized spacial score (nSPS) is 12.6. The van der Waals surface area contributed by atoms with Crippen molar-refractivity contribution in [3.63, 3.8) is 0 Å². The van der Waals surface area contributed by atoms with Crippen molar-refractivity contribution in [1.29, 1.82) is 0 Å². The van der Waals surface area contributed by atoms with Gasteiger partial charge in [-0.1, -0.05) is 30.3 Å². The van der Waals surface area contributed by atoms with E-state index in [9.17, 15) is 27.5 Å². The monoisotopic (exact) mass is 478 g/mol. The average Bonchev–Trinajstić information content (AvgIpc) is 2.79. The number of carbonyl (C=O) groups excluding carboxylic acids is 1. The fraction of sp³-hybridized carbons (Fsp3) is 0.208. The van der Waals surface area contributed by atoms with Gasteiger partial charge in [-0.25, -0.2) is 8.70 Å². The quantitative estimate of drug-likeness (QED) is 0.348. The molecule has 0 aliphatic carbocycles. The zero-order chi connectivity index (χ0) is 24.0. The first-order chi connectivity index (χ1) is 15.7. The largest absolute Gasteiger partial charge is 0.416 e. The third-order valence-electron chi connectivity index (χ3n) is 4.92. The molecule has 0 saturated heterocycles. The van der Waals surface area contributed by atoms with E-state index in [1.165, 1.54) is 36.2 Å². The summed E-state index contributed by atoms with van der Waals surface area (Å²) >= 11 is 1.20. The van der Waals surface area contributed by atoms with Crippen molar-refractivity contribution >= 4 is 17.9 Å². The molecule has 0 aliphatic rings. The molecule has 174 valence electrons. The van der Waals surface area contributed by atoms with Gasteiger partial charge in [0.05, 0.1) is 12.2 Å². The van der Waals surface area contributed by atoms with Crippen LogP contribution in [0.4, 0.5) is 17.6 Å². The summed E-state index contributed by atoms with van der Waals surface area (Å²) in [6.07, 6.45) is -4.39. The Morgan fingerprint density at radius 2 is 1.70 bits per heavy atom. The number of nitrogens with one attached hydrogen (secondary N) is 1. The van der Waals surface area contributed by atoms with Crippen LogP contribution >= 0.6 is 11.9 Å². The molecule has 0 saturated carbocycles. The second-order valence-corrected chi connectivity index (χ2v) is 8.51. The second kappa shape index (κ2) is 10.8. The lowest BCUT2D eigenvalue weighted by molar-refractivity contribution is -0.137. The predicted octanol–water partition coefficient (Wildman–Crippen LogP) is 5.13. The molecule has 0 aromatic heterocycles. The van der Waals surface area contributed by atoms with Crippen LogP contribution in [0.2, 0.25) is 0 Å². The Labute approximate surface area is 193 Å². The van der Waals surface area contributed by atoms with Gasteiger partial charge in [-0.15, -0.1) is 0 Å². The summed E-state index contributed by atoms with van der Waals surface area (Å²) in [5.41, 5.74) is 1.39. The minimum atomic E-state index is -4.39. The Morgan fingerprint density at radius 3 is 2.30 bits per heavy atom. The summed E-state index contributed by atoms with van der Waals surface area (Å²) in [5, 5.41) is 12.5. The molecular formula is C24H22F4N2O2S. The van der Waals surface area contributed by atoms with Gasteiger partial charge < -0.3 is 10.4 Å². The number of aliphatic hydroxyl groups is 1. The number of carbonyl (C=O) groups is 1. The molecule has 3 rings (SSSR count). The Balaban J connectivity index is 1.62. The highest BCUT2D eigenvalue weighted by molar-refractivity contribution is 7.97. The molecule has 1 amide bonds. The van der Waals surface area contributed by atoms with Crippen molar-refractivity contribution in [2.24, 2.45) is 0 Å². The predicted molar refractivity (Wildman–Crippen MR) is 120 cm³/mol. The highest BCUT2D eigenvalue weighted by Gasteiger charge is 2.30. The molecule has 0 spiro atoms. The molecule has 0 radical (unpaired) electrons. The number of alkyl halides is 3. The summed E-state index contributed by atoms with van der Waals surface area (Å²) < 4.78 is 53.0. The van der Waals surface area contributed by atoms with Crippen molar-refractivity contribution in [3.05, 3.63) is 89.7 Å². The van der Waals surface area contributed by atoms with Gasteiger partial charge in [0.25, 0.3) is 0 Å². The van der Waals surface area contributed by atoms with Gasteiger partial charge in [0.2, 0.25) is 5.91 Å². The number of likely N-dealkylation sites (N-methyl/N-ethyl adjacent to an activating group) is 1. The Kier molecular flexibility index (Phi) is 8.12. The van der Waals surface area contributed by atoms with Crippen molar-refractivity contribution < 1.29 is 27.5 Å². The molecule has 33 heavy (non-hydrogen) atoms. The Bertz CT molecular complexity index is 1070. The molecule has 1 unspecified atom stereocenters. The zero-order valence-electron chi connectivity index (χ0n) is 17.6. The van der Waals surface area contributed by atoms with Gasteiger partial charge >= 0.3 is 6.18 Å². The number of nitrogens with zero attached hydrogens (tertiary/aromatic N) is 1. The average molecular weight is 479 g/mol. The topological polar surface area (TPSA) is 52.6 Å². The van der Waals surface area contributed by atoms with Gasteiger partial charge in [0.1, 0.15) is 11.9 Å². The maximum Gasteiger partial charge on any atom is 0.416 e. The van der Waals surface area contributed by atoms with E-state index in [4.69, 9.17) is 0 Å². The van der Waals surface area contributed by atoms with Gasteiger partial charge in [-0.2, -0.15) is 13.2 Å². The van der Waals surface area contributed by atoms with Crippen LogP contribution in [0, 0.1) is 5.82 Å². The fourth-order valence-corrected chi connectivity index (χ4v) is 3.99. The van der Waals surface area contributed by atoms with Crippen molar-refractivity contribution in [1.82, 2.24) is 9.62 Å². The van der Waals surface area contributed by atoms with Crippen LogP contribution in [-0.4, -0.2) is 35.0 Å². The zero-order valence-corrected chi connectivity index (χ0v) is 18.5.